The van der Waals surface area contributed by atoms with Crippen LogP contribution in [0, 0.1) is 40.4 Å². The molecule has 6 unspecified atom stereocenters. The molecule has 0 aromatic carbocycles. The molecule has 18 heavy (non-hydrogen) atoms. The summed E-state index contributed by atoms with van der Waals surface area (Å²) >= 11 is 0. The van der Waals surface area contributed by atoms with Crippen LogP contribution in [-0.4, -0.2) is 24.0 Å². The Morgan fingerprint density at radius 3 is 2.06 bits per heavy atom. The summed E-state index contributed by atoms with van der Waals surface area (Å²) < 4.78 is 0. The number of hydrogen-bond acceptors (Lipinski definition) is 1. The van der Waals surface area contributed by atoms with E-state index < -0.39 is 0 Å². The Kier molecular flexibility index (Phi) is 2.07. The van der Waals surface area contributed by atoms with Crippen molar-refractivity contribution in [2.45, 2.75) is 53.5 Å². The summed E-state index contributed by atoms with van der Waals surface area (Å²) in [7, 11) is 0. The minimum Gasteiger partial charge on any atom is -0.300 e. The fourth-order valence-corrected chi connectivity index (χ4v) is 6.65. The Hall–Kier alpha value is -0.0400. The zero-order chi connectivity index (χ0) is 12.9. The fraction of sp³-hybridized carbons (Fsp3) is 1.00. The summed E-state index contributed by atoms with van der Waals surface area (Å²) in [4.78, 5) is 2.79. The highest BCUT2D eigenvalue weighted by molar-refractivity contribution is 5.34. The van der Waals surface area contributed by atoms with Gasteiger partial charge in [0.25, 0.3) is 0 Å². The average molecular weight is 247 g/mol. The van der Waals surface area contributed by atoms with Crippen molar-refractivity contribution in [1.82, 2.24) is 4.90 Å². The van der Waals surface area contributed by atoms with Gasteiger partial charge in [-0.05, 0) is 66.4 Å². The number of hydrogen-bond donors (Lipinski definition) is 0. The third kappa shape index (κ3) is 1.10. The monoisotopic (exact) mass is 247 g/mol. The minimum absolute atomic E-state index is 0.663. The first-order chi connectivity index (χ1) is 8.50. The maximum Gasteiger partial charge on any atom is 0.0160 e. The molecule has 4 rings (SSSR count). The molecule has 1 spiro atoms. The molecular formula is C17H29N. The number of fused-ring (bicyclic) bond motifs is 5. The molecule has 4 aliphatic carbocycles. The molecule has 0 saturated heterocycles. The Bertz CT molecular complexity index is 377. The molecule has 0 amide bonds. The molecule has 1 heteroatoms. The van der Waals surface area contributed by atoms with E-state index in [0.29, 0.717) is 5.41 Å². The lowest BCUT2D eigenvalue weighted by molar-refractivity contribution is 0.0996. The first-order valence-corrected chi connectivity index (χ1v) is 8.24. The lowest BCUT2D eigenvalue weighted by Gasteiger charge is -2.37. The molecule has 0 N–H and O–H groups in total. The van der Waals surface area contributed by atoms with E-state index in [1.165, 1.54) is 13.1 Å². The lowest BCUT2D eigenvalue weighted by atomic mass is 9.84. The molecule has 6 atom stereocenters. The zero-order valence-electron chi connectivity index (χ0n) is 12.7. The molecular weight excluding hydrogens is 218 g/mol. The van der Waals surface area contributed by atoms with Gasteiger partial charge in [-0.1, -0.05) is 34.6 Å². The van der Waals surface area contributed by atoms with Crippen LogP contribution in [0.2, 0.25) is 0 Å². The van der Waals surface area contributed by atoms with Gasteiger partial charge in [0.15, 0.2) is 0 Å². The predicted molar refractivity (Wildman–Crippen MR) is 75.3 cm³/mol. The SMILES string of the molecule is CCN(CC)C1C(C)C2C(C3C1C31CC1)C2(C)C. The largest absolute Gasteiger partial charge is 0.300 e. The van der Waals surface area contributed by atoms with Gasteiger partial charge in [0.2, 0.25) is 0 Å². The van der Waals surface area contributed by atoms with Crippen molar-refractivity contribution >= 4 is 0 Å². The van der Waals surface area contributed by atoms with Gasteiger partial charge in [-0.25, -0.2) is 0 Å². The van der Waals surface area contributed by atoms with Gasteiger partial charge in [-0.2, -0.15) is 0 Å². The third-order valence-corrected chi connectivity index (χ3v) is 7.52. The van der Waals surface area contributed by atoms with Gasteiger partial charge < -0.3 is 4.90 Å². The Balaban J connectivity index is 1.68. The lowest BCUT2D eigenvalue weighted by Crippen LogP contribution is -2.44. The summed E-state index contributed by atoms with van der Waals surface area (Å²) in [5.41, 5.74) is 1.52. The fourth-order valence-electron chi connectivity index (χ4n) is 6.65. The molecule has 4 aliphatic rings. The van der Waals surface area contributed by atoms with Crippen molar-refractivity contribution in [2.24, 2.45) is 40.4 Å². The summed E-state index contributed by atoms with van der Waals surface area (Å²) in [6.07, 6.45) is 3.12. The van der Waals surface area contributed by atoms with Crippen LogP contribution in [0.1, 0.15) is 47.5 Å². The molecule has 4 saturated carbocycles. The van der Waals surface area contributed by atoms with E-state index in [-0.39, 0.29) is 0 Å². The molecule has 4 fully saturated rings. The van der Waals surface area contributed by atoms with E-state index in [0.717, 1.165) is 41.0 Å². The molecule has 0 aromatic rings. The van der Waals surface area contributed by atoms with Crippen LogP contribution < -0.4 is 0 Å². The van der Waals surface area contributed by atoms with E-state index in [2.05, 4.69) is 39.5 Å². The van der Waals surface area contributed by atoms with Crippen LogP contribution in [0.4, 0.5) is 0 Å². The van der Waals surface area contributed by atoms with E-state index in [9.17, 15) is 0 Å². The molecule has 0 heterocycles. The third-order valence-electron chi connectivity index (χ3n) is 7.52. The molecule has 102 valence electrons. The topological polar surface area (TPSA) is 3.24 Å². The van der Waals surface area contributed by atoms with Crippen molar-refractivity contribution in [3.05, 3.63) is 0 Å². The maximum absolute atomic E-state index is 2.79. The molecule has 0 aromatic heterocycles. The summed E-state index contributed by atoms with van der Waals surface area (Å²) in [5.74, 6) is 5.26. The summed E-state index contributed by atoms with van der Waals surface area (Å²) in [6, 6.07) is 0.913. The van der Waals surface area contributed by atoms with Crippen molar-refractivity contribution < 1.29 is 0 Å². The van der Waals surface area contributed by atoms with Crippen LogP contribution in [0.25, 0.3) is 0 Å². The highest BCUT2D eigenvalue weighted by Gasteiger charge is 2.85. The van der Waals surface area contributed by atoms with Crippen LogP contribution >= 0.6 is 0 Å². The van der Waals surface area contributed by atoms with Crippen molar-refractivity contribution in [1.29, 1.82) is 0 Å². The van der Waals surface area contributed by atoms with Gasteiger partial charge in [-0.3, -0.25) is 0 Å². The van der Waals surface area contributed by atoms with Crippen LogP contribution in [-0.2, 0) is 0 Å². The van der Waals surface area contributed by atoms with Crippen LogP contribution in [0.3, 0.4) is 0 Å². The zero-order valence-corrected chi connectivity index (χ0v) is 12.7. The molecule has 1 nitrogen and oxygen atoms in total. The van der Waals surface area contributed by atoms with E-state index in [1.54, 1.807) is 12.8 Å². The van der Waals surface area contributed by atoms with Gasteiger partial charge in [0.1, 0.15) is 0 Å². The standard InChI is InChI=1S/C17H29N/c1-6-18(7-2)15-10(3)11-12(16(11,4)5)13-14(15)17(13)8-9-17/h10-15H,6-9H2,1-5H3. The van der Waals surface area contributed by atoms with Gasteiger partial charge in [0.05, 0.1) is 0 Å². The second kappa shape index (κ2) is 3.16. The van der Waals surface area contributed by atoms with Crippen LogP contribution in [0.15, 0.2) is 0 Å². The average Bonchev–Trinajstić information content (AvgIpc) is 3.24. The molecule has 0 radical (unpaired) electrons. The summed E-state index contributed by atoms with van der Waals surface area (Å²) in [6.45, 7) is 14.9. The van der Waals surface area contributed by atoms with E-state index in [1.807, 2.05) is 0 Å². The minimum atomic E-state index is 0.663. The Morgan fingerprint density at radius 1 is 0.944 bits per heavy atom. The summed E-state index contributed by atoms with van der Waals surface area (Å²) in [5, 5.41) is 0. The van der Waals surface area contributed by atoms with Crippen molar-refractivity contribution in [3.8, 4) is 0 Å². The normalized spacial score (nSPS) is 53.0. The van der Waals surface area contributed by atoms with E-state index in [4.69, 9.17) is 0 Å². The maximum atomic E-state index is 2.79. The first-order valence-electron chi connectivity index (χ1n) is 8.24. The number of nitrogens with zero attached hydrogens (tertiary/aromatic N) is 1. The second-order valence-electron chi connectivity index (χ2n) is 8.23. The van der Waals surface area contributed by atoms with Gasteiger partial charge in [0, 0.05) is 6.04 Å². The highest BCUT2D eigenvalue weighted by Crippen LogP contribution is 2.89. The smallest absolute Gasteiger partial charge is 0.0160 e. The number of rotatable bonds is 3. The quantitative estimate of drug-likeness (QED) is 0.736. The molecule has 0 aliphatic heterocycles. The van der Waals surface area contributed by atoms with Crippen LogP contribution in [0.5, 0.6) is 0 Å². The molecule has 0 bridgehead atoms. The second-order valence-corrected chi connectivity index (χ2v) is 8.23. The Labute approximate surface area is 112 Å². The highest BCUT2D eigenvalue weighted by atomic mass is 15.2. The van der Waals surface area contributed by atoms with Crippen molar-refractivity contribution in [3.63, 3.8) is 0 Å². The van der Waals surface area contributed by atoms with Crippen molar-refractivity contribution in [2.75, 3.05) is 13.1 Å². The van der Waals surface area contributed by atoms with Gasteiger partial charge in [-0.15, -0.1) is 0 Å². The first kappa shape index (κ1) is 11.8. The van der Waals surface area contributed by atoms with Gasteiger partial charge >= 0.3 is 0 Å². The Morgan fingerprint density at radius 2 is 1.56 bits per heavy atom. The predicted octanol–water partition coefficient (Wildman–Crippen LogP) is 3.64. The van der Waals surface area contributed by atoms with E-state index >= 15 is 0 Å².